The molecule has 5 saturated carbocycles. The Hall–Kier alpha value is -2.71. The fourth-order valence-corrected chi connectivity index (χ4v) is 15.2. The first-order valence-corrected chi connectivity index (χ1v) is 23.0. The van der Waals surface area contributed by atoms with Crippen LogP contribution in [0.2, 0.25) is 0 Å². The summed E-state index contributed by atoms with van der Waals surface area (Å²) in [5, 5.41) is 13.5. The first kappa shape index (κ1) is 42.0. The standard InChI is InChI=1S/C50H73NO7/c1-30(2)41-37(52)27-50(23-24-51-28-31-10-12-32(13-11-31)57-33-18-25-56-29-33)22-21-48(8)34(42(41)50)14-15-39-47(7)19-17-40(46(5,6)38(47)16-20-49(39,48)9)58-44(55)36-26-35(43(53)54)45(36,3)4/h10-13,30,33-36,38-40,51H,14-29H2,1-9H3,(H,53,54)/t33-,34+,35-,36+,38-,39+,40-,47-,48+,49+,50+/m0/s1. The number of ether oxygens (including phenoxy) is 3. The van der Waals surface area contributed by atoms with Gasteiger partial charge in [0.15, 0.2) is 5.78 Å². The zero-order chi connectivity index (χ0) is 41.6. The van der Waals surface area contributed by atoms with Gasteiger partial charge in [0.2, 0.25) is 0 Å². The number of carboxylic acids is 1. The van der Waals surface area contributed by atoms with Gasteiger partial charge in [-0.05, 0) is 139 Å². The molecule has 8 nitrogen and oxygen atoms in total. The summed E-state index contributed by atoms with van der Waals surface area (Å²) >= 11 is 0. The molecule has 11 atom stereocenters. The monoisotopic (exact) mass is 800 g/mol. The molecule has 0 spiro atoms. The lowest BCUT2D eigenvalue weighted by Crippen LogP contribution is -2.66. The molecule has 7 aliphatic rings. The van der Waals surface area contributed by atoms with Crippen LogP contribution in [0, 0.1) is 68.0 Å². The van der Waals surface area contributed by atoms with E-state index in [-0.39, 0.29) is 57.1 Å². The summed E-state index contributed by atoms with van der Waals surface area (Å²) in [6.45, 7) is 24.0. The minimum absolute atomic E-state index is 0.0529. The van der Waals surface area contributed by atoms with Crippen molar-refractivity contribution >= 4 is 17.7 Å². The number of fused-ring (bicyclic) bond motifs is 7. The van der Waals surface area contributed by atoms with Gasteiger partial charge in [0.1, 0.15) is 18.0 Å². The number of allylic oxidation sites excluding steroid dienone is 2. The van der Waals surface area contributed by atoms with E-state index in [9.17, 15) is 19.5 Å². The van der Waals surface area contributed by atoms with E-state index >= 15 is 0 Å². The second kappa shape index (κ2) is 14.7. The minimum atomic E-state index is -0.816. The number of esters is 1. The molecule has 0 bridgehead atoms. The normalized spacial score (nSPS) is 41.2. The van der Waals surface area contributed by atoms with E-state index in [1.165, 1.54) is 18.4 Å². The molecule has 8 rings (SSSR count). The van der Waals surface area contributed by atoms with Gasteiger partial charge >= 0.3 is 11.9 Å². The molecule has 1 saturated heterocycles. The number of carbonyl (C=O) groups is 3. The molecular formula is C50H73NO7. The number of Topliss-reactive ketones (excluding diaryl/α,β-unsaturated/α-hetero) is 1. The molecule has 0 amide bonds. The van der Waals surface area contributed by atoms with Crippen molar-refractivity contribution in [2.45, 2.75) is 158 Å². The summed E-state index contributed by atoms with van der Waals surface area (Å²) in [7, 11) is 0. The largest absolute Gasteiger partial charge is 0.488 e. The third-order valence-corrected chi connectivity index (χ3v) is 18.8. The van der Waals surface area contributed by atoms with Crippen LogP contribution in [-0.4, -0.2) is 54.8 Å². The molecule has 0 radical (unpaired) electrons. The summed E-state index contributed by atoms with van der Waals surface area (Å²) in [6, 6.07) is 8.46. The SMILES string of the molecule is CC(C)C1=C2[C@H]3CC[C@@H]4[C@@]5(C)CC[C@H](OC(=O)[C@H]6C[C@@H](C(=O)O)C6(C)C)C(C)(C)[C@@H]5CC[C@@]4(C)[C@]3(C)CC[C@@]2(CCNCc2ccc(O[C@H]3CCOC3)cc2)CC1=O. The van der Waals surface area contributed by atoms with Crippen molar-refractivity contribution < 1.29 is 33.7 Å². The van der Waals surface area contributed by atoms with Gasteiger partial charge in [-0.2, -0.15) is 0 Å². The molecule has 1 aliphatic heterocycles. The summed E-state index contributed by atoms with van der Waals surface area (Å²) in [4.78, 5) is 39.6. The lowest BCUT2D eigenvalue weighted by Gasteiger charge is -2.72. The van der Waals surface area contributed by atoms with Crippen molar-refractivity contribution in [2.24, 2.45) is 68.0 Å². The van der Waals surface area contributed by atoms with E-state index < -0.39 is 17.3 Å². The topological polar surface area (TPSA) is 111 Å². The molecule has 6 aliphatic carbocycles. The van der Waals surface area contributed by atoms with Gasteiger partial charge in [0.25, 0.3) is 0 Å². The molecule has 8 heteroatoms. The third-order valence-electron chi connectivity index (χ3n) is 18.8. The molecule has 320 valence electrons. The van der Waals surface area contributed by atoms with Crippen LogP contribution in [0.3, 0.4) is 0 Å². The Kier molecular flexibility index (Phi) is 10.7. The number of carboxylic acid groups (broad SMARTS) is 1. The molecule has 58 heavy (non-hydrogen) atoms. The highest BCUT2D eigenvalue weighted by Crippen LogP contribution is 2.77. The molecule has 0 unspecified atom stereocenters. The Morgan fingerprint density at radius 1 is 0.862 bits per heavy atom. The molecule has 1 heterocycles. The second-order valence-corrected chi connectivity index (χ2v) is 22.4. The summed E-state index contributed by atoms with van der Waals surface area (Å²) in [5.74, 6) is 1.08. The third kappa shape index (κ3) is 6.45. The molecule has 6 fully saturated rings. The second-order valence-electron chi connectivity index (χ2n) is 22.4. The fourth-order valence-electron chi connectivity index (χ4n) is 15.2. The van der Waals surface area contributed by atoms with Crippen LogP contribution in [0.1, 0.15) is 145 Å². The van der Waals surface area contributed by atoms with Gasteiger partial charge in [-0.1, -0.05) is 80.0 Å². The van der Waals surface area contributed by atoms with Crippen molar-refractivity contribution in [1.29, 1.82) is 0 Å². The van der Waals surface area contributed by atoms with Crippen molar-refractivity contribution in [2.75, 3.05) is 19.8 Å². The quantitative estimate of drug-likeness (QED) is 0.168. The Bertz CT molecular complexity index is 1810. The maximum Gasteiger partial charge on any atom is 0.309 e. The smallest absolute Gasteiger partial charge is 0.309 e. The van der Waals surface area contributed by atoms with E-state index in [0.29, 0.717) is 43.0 Å². The molecule has 2 N–H and O–H groups in total. The van der Waals surface area contributed by atoms with Crippen molar-refractivity contribution in [3.63, 3.8) is 0 Å². The Labute approximate surface area is 348 Å². The van der Waals surface area contributed by atoms with E-state index in [1.807, 2.05) is 13.8 Å². The van der Waals surface area contributed by atoms with Crippen LogP contribution in [0.4, 0.5) is 0 Å². The molecule has 1 aromatic carbocycles. The Morgan fingerprint density at radius 2 is 1.60 bits per heavy atom. The maximum atomic E-state index is 14.1. The number of hydrogen-bond acceptors (Lipinski definition) is 7. The first-order chi connectivity index (χ1) is 27.3. The van der Waals surface area contributed by atoms with Crippen LogP contribution in [0.25, 0.3) is 0 Å². The minimum Gasteiger partial charge on any atom is -0.488 e. The highest BCUT2D eigenvalue weighted by Gasteiger charge is 2.70. The van der Waals surface area contributed by atoms with Crippen LogP contribution in [0.15, 0.2) is 35.4 Å². The molecule has 1 aromatic rings. The number of aliphatic carboxylic acids is 1. The summed E-state index contributed by atoms with van der Waals surface area (Å²) in [6.07, 6.45) is 11.7. The van der Waals surface area contributed by atoms with E-state index in [4.69, 9.17) is 14.2 Å². The lowest BCUT2D eigenvalue weighted by atomic mass is 9.33. The molecular weight excluding hydrogens is 727 g/mol. The van der Waals surface area contributed by atoms with Gasteiger partial charge in [-0.15, -0.1) is 0 Å². The first-order valence-electron chi connectivity index (χ1n) is 23.0. The van der Waals surface area contributed by atoms with Crippen LogP contribution in [0.5, 0.6) is 5.75 Å². The fraction of sp³-hybridized carbons (Fsp3) is 0.780. The lowest BCUT2D eigenvalue weighted by molar-refractivity contribution is -0.236. The van der Waals surface area contributed by atoms with Crippen molar-refractivity contribution in [1.82, 2.24) is 5.32 Å². The number of hydrogen-bond donors (Lipinski definition) is 2. The number of nitrogens with one attached hydrogen (secondary N) is 1. The average molecular weight is 800 g/mol. The number of benzene rings is 1. The van der Waals surface area contributed by atoms with Gasteiger partial charge < -0.3 is 24.6 Å². The van der Waals surface area contributed by atoms with Gasteiger partial charge in [0.05, 0.1) is 25.0 Å². The van der Waals surface area contributed by atoms with Crippen LogP contribution >= 0.6 is 0 Å². The van der Waals surface area contributed by atoms with Gasteiger partial charge in [0, 0.05) is 30.2 Å². The molecule has 0 aromatic heterocycles. The van der Waals surface area contributed by atoms with Crippen LogP contribution in [-0.2, 0) is 30.4 Å². The van der Waals surface area contributed by atoms with E-state index in [0.717, 1.165) is 82.4 Å². The predicted molar refractivity (Wildman–Crippen MR) is 225 cm³/mol. The van der Waals surface area contributed by atoms with Gasteiger partial charge in [-0.25, -0.2) is 0 Å². The zero-order valence-corrected chi connectivity index (χ0v) is 37.1. The highest BCUT2D eigenvalue weighted by molar-refractivity contribution is 6.00. The van der Waals surface area contributed by atoms with Gasteiger partial charge in [-0.3, -0.25) is 14.4 Å². The highest BCUT2D eigenvalue weighted by atomic mass is 16.5. The van der Waals surface area contributed by atoms with E-state index in [1.54, 1.807) is 5.57 Å². The Balaban J connectivity index is 0.969. The van der Waals surface area contributed by atoms with E-state index in [2.05, 4.69) is 78.0 Å². The number of carbonyl (C=O) groups excluding carboxylic acids is 2. The number of rotatable bonds is 11. The van der Waals surface area contributed by atoms with Crippen LogP contribution < -0.4 is 10.1 Å². The Morgan fingerprint density at radius 3 is 2.26 bits per heavy atom. The predicted octanol–water partition coefficient (Wildman–Crippen LogP) is 9.97. The van der Waals surface area contributed by atoms with Crippen molar-refractivity contribution in [3.8, 4) is 5.75 Å². The average Bonchev–Trinajstić information content (AvgIpc) is 3.77. The summed E-state index contributed by atoms with van der Waals surface area (Å²) < 4.78 is 18.0. The maximum absolute atomic E-state index is 14.1. The summed E-state index contributed by atoms with van der Waals surface area (Å²) in [5.41, 5.74) is 3.52. The van der Waals surface area contributed by atoms with Crippen molar-refractivity contribution in [3.05, 3.63) is 41.0 Å². The zero-order valence-electron chi connectivity index (χ0n) is 37.1. The number of ketones is 1.